The molecule has 51 heavy (non-hydrogen) atoms. The molecular weight excluding hydrogens is 678 g/mol. The van der Waals surface area contributed by atoms with Crippen molar-refractivity contribution in [3.8, 4) is 0 Å². The molecule has 2 aromatic rings. The number of nitrogens with zero attached hydrogens (tertiary/aromatic N) is 1. The summed E-state index contributed by atoms with van der Waals surface area (Å²) in [4.78, 5) is 67.5. The Kier molecular flexibility index (Phi) is 15.9. The van der Waals surface area contributed by atoms with Gasteiger partial charge in [-0.1, -0.05) is 48.0 Å². The standard InChI is InChI=1S/C36H48ClN7O7/c37-28-9-7-24(8-10-28)20-30-36(50)41-22-26-5-2-1-4-25(26)21-32(46)42-29(35(49)40-16-19-51-18-14-38)13-15-39-31(45)11-12-33(47)44-17-3-6-27(23-44)34(48)43-30/h1-2,4-5,7-12,27,29-30,32,42,46H,3,6,13-23,38H2,(H,39,45)(H,40,49)(H,41,50)(H,43,48)/b12-11+/t27-,29+,30+,32?/m1/s1. The van der Waals surface area contributed by atoms with Gasteiger partial charge in [0, 0.05) is 69.3 Å². The van der Waals surface area contributed by atoms with E-state index < -0.39 is 47.9 Å². The number of benzene rings is 2. The second-order valence-corrected chi connectivity index (χ2v) is 13.0. The third-order valence-corrected chi connectivity index (χ3v) is 8.95. The van der Waals surface area contributed by atoms with Gasteiger partial charge in [-0.15, -0.1) is 0 Å². The largest absolute Gasteiger partial charge is 0.378 e. The van der Waals surface area contributed by atoms with Gasteiger partial charge in [-0.2, -0.15) is 0 Å². The highest BCUT2D eigenvalue weighted by molar-refractivity contribution is 6.30. The second kappa shape index (κ2) is 20.5. The van der Waals surface area contributed by atoms with Crippen LogP contribution in [-0.2, 0) is 48.1 Å². The number of aliphatic hydroxyl groups is 1. The number of amides is 5. The van der Waals surface area contributed by atoms with Gasteiger partial charge in [0.25, 0.3) is 0 Å². The summed E-state index contributed by atoms with van der Waals surface area (Å²) in [5.41, 5.74) is 7.71. The van der Waals surface area contributed by atoms with Gasteiger partial charge in [-0.3, -0.25) is 29.3 Å². The smallest absolute Gasteiger partial charge is 0.246 e. The molecule has 0 aromatic heterocycles. The molecule has 1 unspecified atom stereocenters. The van der Waals surface area contributed by atoms with Crippen molar-refractivity contribution in [3.05, 3.63) is 82.4 Å². The first kappa shape index (κ1) is 39.4. The average molecular weight is 726 g/mol. The van der Waals surface area contributed by atoms with Crippen LogP contribution in [0.5, 0.6) is 0 Å². The summed E-state index contributed by atoms with van der Waals surface area (Å²) in [5.74, 6) is -2.64. The van der Waals surface area contributed by atoms with E-state index in [-0.39, 0.29) is 58.0 Å². The number of carbonyl (C=O) groups excluding carboxylic acids is 5. The minimum Gasteiger partial charge on any atom is -0.378 e. The Morgan fingerprint density at radius 3 is 2.51 bits per heavy atom. The predicted molar refractivity (Wildman–Crippen MR) is 191 cm³/mol. The Bertz CT molecular complexity index is 1520. The number of nitrogens with one attached hydrogen (secondary N) is 5. The Labute approximate surface area is 302 Å². The van der Waals surface area contributed by atoms with Gasteiger partial charge in [0.1, 0.15) is 12.3 Å². The monoisotopic (exact) mass is 725 g/mol. The second-order valence-electron chi connectivity index (χ2n) is 12.5. The number of ether oxygens (including phenoxy) is 1. The number of rotatable bonds is 8. The van der Waals surface area contributed by atoms with Crippen molar-refractivity contribution in [3.63, 3.8) is 0 Å². The molecule has 0 radical (unpaired) electrons. The number of fused-ring (bicyclic) bond motifs is 3. The third kappa shape index (κ3) is 13.1. The van der Waals surface area contributed by atoms with Crippen LogP contribution in [0.25, 0.3) is 0 Å². The molecule has 5 amide bonds. The number of hydrogen-bond donors (Lipinski definition) is 7. The molecule has 2 heterocycles. The maximum atomic E-state index is 13.7. The molecule has 14 nitrogen and oxygen atoms in total. The summed E-state index contributed by atoms with van der Waals surface area (Å²) < 4.78 is 5.33. The summed E-state index contributed by atoms with van der Waals surface area (Å²) in [6.07, 6.45) is 2.67. The Balaban J connectivity index is 1.56. The Morgan fingerprint density at radius 2 is 1.75 bits per heavy atom. The van der Waals surface area contributed by atoms with Crippen molar-refractivity contribution in [2.45, 2.75) is 57.0 Å². The first-order valence-electron chi connectivity index (χ1n) is 17.3. The van der Waals surface area contributed by atoms with Crippen LogP contribution >= 0.6 is 11.6 Å². The van der Waals surface area contributed by atoms with Crippen LogP contribution in [0.3, 0.4) is 0 Å². The van der Waals surface area contributed by atoms with E-state index in [4.69, 9.17) is 22.1 Å². The van der Waals surface area contributed by atoms with Crippen LogP contribution in [0.2, 0.25) is 5.02 Å². The van der Waals surface area contributed by atoms with Gasteiger partial charge in [-0.05, 0) is 48.1 Å². The summed E-state index contributed by atoms with van der Waals surface area (Å²) in [6.45, 7) is 1.95. The lowest BCUT2D eigenvalue weighted by atomic mass is 9.95. The van der Waals surface area contributed by atoms with E-state index >= 15 is 0 Å². The summed E-state index contributed by atoms with van der Waals surface area (Å²) >= 11 is 6.08. The highest BCUT2D eigenvalue weighted by Gasteiger charge is 2.31. The minimum absolute atomic E-state index is 0.0740. The van der Waals surface area contributed by atoms with Crippen LogP contribution in [0.15, 0.2) is 60.7 Å². The SMILES string of the molecule is NCCOCCNC(=O)[C@@H]1CCNC(=O)/C=C/C(=O)N2CCC[C@H](C2)C(=O)N[C@@H](Cc2ccc(Cl)cc2)C(=O)NCc2ccccc2CC(O)N1. The van der Waals surface area contributed by atoms with Crippen LogP contribution in [0.4, 0.5) is 0 Å². The molecule has 1 saturated heterocycles. The maximum absolute atomic E-state index is 13.7. The molecule has 2 bridgehead atoms. The van der Waals surface area contributed by atoms with E-state index in [9.17, 15) is 29.1 Å². The predicted octanol–water partition coefficient (Wildman–Crippen LogP) is -0.0910. The van der Waals surface area contributed by atoms with Gasteiger partial charge < -0.3 is 41.7 Å². The molecule has 1 fully saturated rings. The van der Waals surface area contributed by atoms with Gasteiger partial charge >= 0.3 is 0 Å². The number of piperidine rings is 1. The number of aliphatic hydroxyl groups excluding tert-OH is 1. The van der Waals surface area contributed by atoms with E-state index in [2.05, 4.69) is 26.6 Å². The highest BCUT2D eigenvalue weighted by atomic mass is 35.5. The van der Waals surface area contributed by atoms with E-state index in [1.54, 1.807) is 24.3 Å². The van der Waals surface area contributed by atoms with Crippen molar-refractivity contribution >= 4 is 41.1 Å². The molecule has 2 aromatic carbocycles. The number of halogens is 1. The van der Waals surface area contributed by atoms with E-state index in [1.165, 1.54) is 4.90 Å². The molecule has 2 aliphatic heterocycles. The third-order valence-electron chi connectivity index (χ3n) is 8.70. The zero-order valence-electron chi connectivity index (χ0n) is 28.6. The molecule has 0 aliphatic carbocycles. The fourth-order valence-electron chi connectivity index (χ4n) is 5.98. The number of carbonyl (C=O) groups is 5. The van der Waals surface area contributed by atoms with Gasteiger partial charge in [0.15, 0.2) is 0 Å². The summed E-state index contributed by atoms with van der Waals surface area (Å²) in [5, 5.41) is 25.9. The molecule has 15 heteroatoms. The van der Waals surface area contributed by atoms with Gasteiger partial charge in [0.05, 0.1) is 25.2 Å². The van der Waals surface area contributed by atoms with Crippen molar-refractivity contribution in [1.82, 2.24) is 31.5 Å². The Morgan fingerprint density at radius 1 is 0.980 bits per heavy atom. The molecular formula is C36H48ClN7O7. The topological polar surface area (TPSA) is 204 Å². The summed E-state index contributed by atoms with van der Waals surface area (Å²) in [6, 6.07) is 12.5. The normalized spacial score (nSPS) is 23.4. The minimum atomic E-state index is -1.16. The lowest BCUT2D eigenvalue weighted by molar-refractivity contribution is -0.135. The molecule has 4 rings (SSSR count). The van der Waals surface area contributed by atoms with Gasteiger partial charge in [-0.25, -0.2) is 0 Å². The fraction of sp³-hybridized carbons (Fsp3) is 0.472. The lowest BCUT2D eigenvalue weighted by Crippen LogP contribution is -2.52. The number of nitrogens with two attached hydrogens (primary N) is 1. The summed E-state index contributed by atoms with van der Waals surface area (Å²) in [7, 11) is 0. The van der Waals surface area contributed by atoms with Crippen LogP contribution in [0, 0.1) is 5.92 Å². The zero-order chi connectivity index (χ0) is 36.6. The van der Waals surface area contributed by atoms with Crippen molar-refractivity contribution in [1.29, 1.82) is 0 Å². The van der Waals surface area contributed by atoms with Gasteiger partial charge in [0.2, 0.25) is 29.5 Å². The maximum Gasteiger partial charge on any atom is 0.246 e. The lowest BCUT2D eigenvalue weighted by Gasteiger charge is -2.32. The van der Waals surface area contributed by atoms with Crippen LogP contribution < -0.4 is 32.3 Å². The molecule has 4 atom stereocenters. The average Bonchev–Trinajstić information content (AvgIpc) is 3.13. The molecule has 8 N–H and O–H groups in total. The van der Waals surface area contributed by atoms with Crippen LogP contribution in [0.1, 0.15) is 36.0 Å². The Hall–Kier alpha value is -4.34. The number of hydrogen-bond acceptors (Lipinski definition) is 9. The fourth-order valence-corrected chi connectivity index (χ4v) is 6.10. The highest BCUT2D eigenvalue weighted by Crippen LogP contribution is 2.19. The van der Waals surface area contributed by atoms with Crippen molar-refractivity contribution < 1.29 is 33.8 Å². The molecule has 0 saturated carbocycles. The quantitative estimate of drug-likeness (QED) is 0.182. The van der Waals surface area contributed by atoms with E-state index in [0.717, 1.165) is 28.8 Å². The molecule has 0 spiro atoms. The molecule has 2 aliphatic rings. The van der Waals surface area contributed by atoms with Crippen LogP contribution in [-0.4, -0.2) is 104 Å². The van der Waals surface area contributed by atoms with E-state index in [1.807, 2.05) is 24.3 Å². The molecule has 276 valence electrons. The van der Waals surface area contributed by atoms with E-state index in [0.29, 0.717) is 37.6 Å². The zero-order valence-corrected chi connectivity index (χ0v) is 29.3. The van der Waals surface area contributed by atoms with Crippen molar-refractivity contribution in [2.75, 3.05) is 45.9 Å². The van der Waals surface area contributed by atoms with Crippen molar-refractivity contribution in [2.24, 2.45) is 11.7 Å². The first-order valence-corrected chi connectivity index (χ1v) is 17.6. The first-order chi connectivity index (χ1) is 24.6.